The summed E-state index contributed by atoms with van der Waals surface area (Å²) in [5.41, 5.74) is 0.666. The standard InChI is InChI=1S/C22H34O4/c1-13(23)26-15-5-8-20(2)14(11-15)12-18(24)19-16(20)6-9-21(3)17(19)7-10-22(21,4)25/h12,15-19,24-25H,5-11H2,1-4H3/t15-,16?,17?,18-,19?,20-,21-,22-/m0/s1. The minimum absolute atomic E-state index is 0.0448. The van der Waals surface area contributed by atoms with Gasteiger partial charge in [0.1, 0.15) is 6.10 Å². The maximum absolute atomic E-state index is 11.4. The van der Waals surface area contributed by atoms with Gasteiger partial charge < -0.3 is 14.9 Å². The molecule has 8 atom stereocenters. The summed E-state index contributed by atoms with van der Waals surface area (Å²) < 4.78 is 5.47. The van der Waals surface area contributed by atoms with Crippen molar-refractivity contribution >= 4 is 5.97 Å². The third-order valence-corrected chi connectivity index (χ3v) is 8.98. The topological polar surface area (TPSA) is 66.8 Å². The van der Waals surface area contributed by atoms with Crippen LogP contribution in [-0.2, 0) is 9.53 Å². The molecule has 4 heteroatoms. The molecule has 0 radical (unpaired) electrons. The molecule has 146 valence electrons. The molecule has 0 amide bonds. The molecule has 0 aromatic carbocycles. The molecule has 3 fully saturated rings. The van der Waals surface area contributed by atoms with Crippen LogP contribution < -0.4 is 0 Å². The van der Waals surface area contributed by atoms with E-state index in [0.29, 0.717) is 11.8 Å². The van der Waals surface area contributed by atoms with Crippen LogP contribution in [0.25, 0.3) is 0 Å². The average molecular weight is 363 g/mol. The van der Waals surface area contributed by atoms with Gasteiger partial charge in [0.25, 0.3) is 0 Å². The van der Waals surface area contributed by atoms with Crippen LogP contribution in [0.5, 0.6) is 0 Å². The molecule has 0 aromatic heterocycles. The second-order valence-corrected chi connectivity index (χ2v) is 10.1. The van der Waals surface area contributed by atoms with E-state index in [2.05, 4.69) is 19.9 Å². The minimum Gasteiger partial charge on any atom is -0.462 e. The summed E-state index contributed by atoms with van der Waals surface area (Å²) >= 11 is 0. The first kappa shape index (κ1) is 18.5. The van der Waals surface area contributed by atoms with E-state index in [1.54, 1.807) is 0 Å². The average Bonchev–Trinajstić information content (AvgIpc) is 2.79. The van der Waals surface area contributed by atoms with E-state index in [1.165, 1.54) is 12.5 Å². The van der Waals surface area contributed by atoms with Gasteiger partial charge in [0.2, 0.25) is 0 Å². The highest BCUT2D eigenvalue weighted by Gasteiger charge is 2.63. The number of fused-ring (bicyclic) bond motifs is 5. The van der Waals surface area contributed by atoms with Crippen LogP contribution in [0, 0.1) is 28.6 Å². The molecule has 4 nitrogen and oxygen atoms in total. The molecule has 4 aliphatic carbocycles. The number of rotatable bonds is 1. The normalized spacial score (nSPS) is 53.2. The Bertz CT molecular complexity index is 638. The Balaban J connectivity index is 1.65. The van der Waals surface area contributed by atoms with Crippen molar-refractivity contribution in [1.29, 1.82) is 0 Å². The summed E-state index contributed by atoms with van der Waals surface area (Å²) in [6.45, 7) is 8.08. The molecule has 0 aromatic rings. The first-order valence-electron chi connectivity index (χ1n) is 10.4. The zero-order chi connectivity index (χ0) is 18.9. The summed E-state index contributed by atoms with van der Waals surface area (Å²) in [5, 5.41) is 22.1. The molecule has 0 saturated heterocycles. The number of carbonyl (C=O) groups excluding carboxylic acids is 1. The highest BCUT2D eigenvalue weighted by molar-refractivity contribution is 5.66. The maximum atomic E-state index is 11.4. The number of carbonyl (C=O) groups is 1. The summed E-state index contributed by atoms with van der Waals surface area (Å²) in [6, 6.07) is 0. The fraction of sp³-hybridized carbons (Fsp3) is 0.864. The van der Waals surface area contributed by atoms with Crippen LogP contribution >= 0.6 is 0 Å². The quantitative estimate of drug-likeness (QED) is 0.552. The Morgan fingerprint density at radius 2 is 1.81 bits per heavy atom. The maximum Gasteiger partial charge on any atom is 0.302 e. The van der Waals surface area contributed by atoms with Gasteiger partial charge in [-0.3, -0.25) is 4.79 Å². The molecule has 3 saturated carbocycles. The number of ether oxygens (including phenoxy) is 1. The monoisotopic (exact) mass is 362 g/mol. The minimum atomic E-state index is -0.625. The van der Waals surface area contributed by atoms with E-state index in [4.69, 9.17) is 4.74 Å². The number of esters is 1. The molecule has 0 heterocycles. The Morgan fingerprint density at radius 3 is 2.50 bits per heavy atom. The molecule has 4 rings (SSSR count). The summed E-state index contributed by atoms with van der Waals surface area (Å²) in [7, 11) is 0. The Labute approximate surface area is 157 Å². The molecule has 0 spiro atoms. The lowest BCUT2D eigenvalue weighted by molar-refractivity contribution is -0.151. The van der Waals surface area contributed by atoms with E-state index in [-0.39, 0.29) is 28.8 Å². The van der Waals surface area contributed by atoms with Gasteiger partial charge in [-0.2, -0.15) is 0 Å². The smallest absolute Gasteiger partial charge is 0.302 e. The van der Waals surface area contributed by atoms with E-state index in [1.807, 2.05) is 6.92 Å². The number of aliphatic hydroxyl groups excluding tert-OH is 1. The molecule has 3 unspecified atom stereocenters. The van der Waals surface area contributed by atoms with Crippen molar-refractivity contribution in [2.75, 3.05) is 0 Å². The Morgan fingerprint density at radius 1 is 1.12 bits per heavy atom. The predicted octanol–water partition coefficient (Wildman–Crippen LogP) is 3.60. The van der Waals surface area contributed by atoms with Crippen molar-refractivity contribution in [2.45, 2.75) is 90.4 Å². The van der Waals surface area contributed by atoms with Crippen molar-refractivity contribution in [2.24, 2.45) is 28.6 Å². The lowest BCUT2D eigenvalue weighted by Gasteiger charge is -2.59. The highest BCUT2D eigenvalue weighted by atomic mass is 16.5. The van der Waals surface area contributed by atoms with E-state index < -0.39 is 11.7 Å². The van der Waals surface area contributed by atoms with Crippen molar-refractivity contribution in [3.63, 3.8) is 0 Å². The van der Waals surface area contributed by atoms with Crippen LogP contribution in [0.1, 0.15) is 72.6 Å². The van der Waals surface area contributed by atoms with Gasteiger partial charge >= 0.3 is 5.97 Å². The Kier molecular flexibility index (Phi) is 4.13. The zero-order valence-corrected chi connectivity index (χ0v) is 16.6. The zero-order valence-electron chi connectivity index (χ0n) is 16.6. The first-order valence-corrected chi connectivity index (χ1v) is 10.4. The summed E-state index contributed by atoms with van der Waals surface area (Å²) in [6.07, 6.45) is 8.23. The number of aliphatic hydroxyl groups is 2. The van der Waals surface area contributed by atoms with Crippen LogP contribution in [-0.4, -0.2) is 34.0 Å². The summed E-state index contributed by atoms with van der Waals surface area (Å²) in [5.74, 6) is 0.867. The van der Waals surface area contributed by atoms with Gasteiger partial charge in [-0.05, 0) is 74.0 Å². The van der Waals surface area contributed by atoms with Gasteiger partial charge in [-0.25, -0.2) is 0 Å². The largest absolute Gasteiger partial charge is 0.462 e. The Hall–Kier alpha value is -0.870. The predicted molar refractivity (Wildman–Crippen MR) is 99.3 cm³/mol. The van der Waals surface area contributed by atoms with E-state index in [9.17, 15) is 15.0 Å². The number of hydrogen-bond donors (Lipinski definition) is 2. The third kappa shape index (κ3) is 2.44. The van der Waals surface area contributed by atoms with Gasteiger partial charge in [-0.15, -0.1) is 0 Å². The van der Waals surface area contributed by atoms with Crippen LogP contribution in [0.4, 0.5) is 0 Å². The lowest BCUT2D eigenvalue weighted by Crippen LogP contribution is -2.57. The molecule has 0 aliphatic heterocycles. The van der Waals surface area contributed by atoms with Crippen LogP contribution in [0.2, 0.25) is 0 Å². The van der Waals surface area contributed by atoms with Gasteiger partial charge in [0.15, 0.2) is 0 Å². The molecule has 26 heavy (non-hydrogen) atoms. The first-order chi connectivity index (χ1) is 12.1. The molecule has 0 bridgehead atoms. The van der Waals surface area contributed by atoms with Gasteiger partial charge in [0, 0.05) is 13.3 Å². The van der Waals surface area contributed by atoms with Crippen molar-refractivity contribution in [1.82, 2.24) is 0 Å². The fourth-order valence-corrected chi connectivity index (χ4v) is 7.20. The highest BCUT2D eigenvalue weighted by Crippen LogP contribution is 2.67. The van der Waals surface area contributed by atoms with Gasteiger partial charge in [0.05, 0.1) is 11.7 Å². The van der Waals surface area contributed by atoms with Crippen molar-refractivity contribution < 1.29 is 19.7 Å². The second-order valence-electron chi connectivity index (χ2n) is 10.1. The second kappa shape index (κ2) is 5.81. The summed E-state index contributed by atoms with van der Waals surface area (Å²) in [4.78, 5) is 11.4. The number of hydrogen-bond acceptors (Lipinski definition) is 4. The molecular weight excluding hydrogens is 328 g/mol. The molecule has 4 aliphatic rings. The van der Waals surface area contributed by atoms with Crippen LogP contribution in [0.3, 0.4) is 0 Å². The van der Waals surface area contributed by atoms with Crippen LogP contribution in [0.15, 0.2) is 11.6 Å². The van der Waals surface area contributed by atoms with Crippen molar-refractivity contribution in [3.8, 4) is 0 Å². The third-order valence-electron chi connectivity index (χ3n) is 8.98. The van der Waals surface area contributed by atoms with Gasteiger partial charge in [-0.1, -0.05) is 25.5 Å². The fourth-order valence-electron chi connectivity index (χ4n) is 7.20. The SMILES string of the molecule is CC(=O)O[C@H]1CC[C@@]2(C)C(=C[C@H](O)C3C2CC[C@@]2(C)C3CC[C@]2(C)O)C1. The molecule has 2 N–H and O–H groups in total. The molecular formula is C22H34O4. The lowest BCUT2D eigenvalue weighted by atomic mass is 9.46. The van der Waals surface area contributed by atoms with E-state index >= 15 is 0 Å². The van der Waals surface area contributed by atoms with Crippen molar-refractivity contribution in [3.05, 3.63) is 11.6 Å². The van der Waals surface area contributed by atoms with E-state index in [0.717, 1.165) is 44.9 Å².